The smallest absolute Gasteiger partial charge is 0.132 e. The monoisotopic (exact) mass is 703 g/mol. The summed E-state index contributed by atoms with van der Waals surface area (Å²) in [5, 5.41) is 17.9. The number of dihydropyridines is 1. The van der Waals surface area contributed by atoms with Crippen molar-refractivity contribution < 1.29 is 0 Å². The maximum absolute atomic E-state index is 4.02. The van der Waals surface area contributed by atoms with Crippen LogP contribution in [-0.2, 0) is 0 Å². The van der Waals surface area contributed by atoms with E-state index in [1.54, 1.807) is 0 Å². The number of nitrogens with zero attached hydrogens (tertiary/aromatic N) is 1. The lowest BCUT2D eigenvalue weighted by atomic mass is 9.88. The van der Waals surface area contributed by atoms with E-state index < -0.39 is 0 Å². The van der Waals surface area contributed by atoms with Crippen LogP contribution in [0.25, 0.3) is 70.9 Å². The minimum absolute atomic E-state index is 0.164. The quantitative estimate of drug-likeness (QED) is 0.175. The summed E-state index contributed by atoms with van der Waals surface area (Å²) in [7, 11) is 0. The molecule has 0 spiro atoms. The number of benzene rings is 9. The van der Waals surface area contributed by atoms with Gasteiger partial charge in [-0.3, -0.25) is 0 Å². The third kappa shape index (κ3) is 5.27. The Hall–Kier alpha value is -7.10. The van der Waals surface area contributed by atoms with E-state index in [0.717, 1.165) is 23.8 Å². The summed E-state index contributed by atoms with van der Waals surface area (Å²) in [5.41, 5.74) is 10.8. The summed E-state index contributed by atoms with van der Waals surface area (Å²) in [6.45, 7) is 0.748. The summed E-state index contributed by atoms with van der Waals surface area (Å²) >= 11 is 0. The molecule has 0 fully saturated rings. The highest BCUT2D eigenvalue weighted by atomic mass is 15.4. The molecule has 1 atom stereocenters. The normalized spacial score (nSPS) is 15.3. The number of para-hydroxylation sites is 1. The van der Waals surface area contributed by atoms with E-state index in [4.69, 9.17) is 0 Å². The zero-order valence-corrected chi connectivity index (χ0v) is 30.2. The van der Waals surface area contributed by atoms with E-state index in [1.165, 1.54) is 82.0 Å². The number of nitrogens with one attached hydrogen (secondary N) is 2. The van der Waals surface area contributed by atoms with Crippen molar-refractivity contribution in [3.05, 3.63) is 217 Å². The van der Waals surface area contributed by atoms with Crippen LogP contribution in [0, 0.1) is 0 Å². The minimum atomic E-state index is -0.164. The van der Waals surface area contributed by atoms with Crippen LogP contribution in [0.15, 0.2) is 206 Å². The molecule has 2 aliphatic heterocycles. The van der Waals surface area contributed by atoms with Crippen LogP contribution in [-0.4, -0.2) is 6.54 Å². The van der Waals surface area contributed by atoms with Gasteiger partial charge in [-0.25, -0.2) is 0 Å². The molecule has 0 saturated carbocycles. The largest absolute Gasteiger partial charge is 0.366 e. The van der Waals surface area contributed by atoms with E-state index in [2.05, 4.69) is 210 Å². The Kier molecular flexibility index (Phi) is 7.31. The van der Waals surface area contributed by atoms with Gasteiger partial charge in [0.05, 0.1) is 5.70 Å². The van der Waals surface area contributed by atoms with Gasteiger partial charge in [0, 0.05) is 12.2 Å². The molecule has 11 rings (SSSR count). The zero-order chi connectivity index (χ0) is 36.3. The predicted octanol–water partition coefficient (Wildman–Crippen LogP) is 12.6. The number of rotatable bonds is 5. The third-order valence-electron chi connectivity index (χ3n) is 11.4. The third-order valence-corrected chi connectivity index (χ3v) is 11.4. The molecule has 55 heavy (non-hydrogen) atoms. The fourth-order valence-electron chi connectivity index (χ4n) is 8.88. The number of hydrogen-bond donors (Lipinski definition) is 2. The Morgan fingerprint density at radius 1 is 0.436 bits per heavy atom. The summed E-state index contributed by atoms with van der Waals surface area (Å²) < 4.78 is 0. The molecule has 0 amide bonds. The van der Waals surface area contributed by atoms with Crippen molar-refractivity contribution in [2.45, 2.75) is 6.17 Å². The second kappa shape index (κ2) is 12.8. The average molecular weight is 704 g/mol. The molecule has 1 unspecified atom stereocenters. The maximum Gasteiger partial charge on any atom is 0.132 e. The van der Waals surface area contributed by atoms with Crippen molar-refractivity contribution in [2.75, 3.05) is 11.4 Å². The van der Waals surface area contributed by atoms with Gasteiger partial charge < -0.3 is 15.5 Å². The summed E-state index contributed by atoms with van der Waals surface area (Å²) in [4.78, 5) is 2.44. The molecule has 260 valence electrons. The molecule has 3 nitrogen and oxygen atoms in total. The lowest BCUT2D eigenvalue weighted by Crippen LogP contribution is -2.34. The first-order valence-electron chi connectivity index (χ1n) is 19.1. The first kappa shape index (κ1) is 31.4. The molecule has 0 aromatic heterocycles. The maximum atomic E-state index is 4.02. The highest BCUT2D eigenvalue weighted by Crippen LogP contribution is 2.44. The predicted molar refractivity (Wildman–Crippen MR) is 232 cm³/mol. The van der Waals surface area contributed by atoms with Crippen molar-refractivity contribution >= 4 is 54.4 Å². The molecule has 2 N–H and O–H groups in total. The van der Waals surface area contributed by atoms with Gasteiger partial charge in [0.1, 0.15) is 12.0 Å². The highest BCUT2D eigenvalue weighted by molar-refractivity contribution is 6.16. The Labute approximate surface area is 320 Å². The van der Waals surface area contributed by atoms with Gasteiger partial charge in [-0.05, 0) is 131 Å². The van der Waals surface area contributed by atoms with Gasteiger partial charge in [0.2, 0.25) is 0 Å². The Balaban J connectivity index is 1.17. The molecule has 3 heteroatoms. The minimum Gasteiger partial charge on any atom is -0.366 e. The first-order valence-corrected chi connectivity index (χ1v) is 19.1. The Morgan fingerprint density at radius 2 is 0.927 bits per heavy atom. The topological polar surface area (TPSA) is 27.3 Å². The van der Waals surface area contributed by atoms with Gasteiger partial charge in [-0.15, -0.1) is 0 Å². The lowest BCUT2D eigenvalue weighted by molar-refractivity contribution is 0.642. The molecule has 0 radical (unpaired) electrons. The van der Waals surface area contributed by atoms with Gasteiger partial charge in [-0.1, -0.05) is 146 Å². The van der Waals surface area contributed by atoms with E-state index >= 15 is 0 Å². The van der Waals surface area contributed by atoms with Crippen molar-refractivity contribution in [1.82, 2.24) is 10.6 Å². The van der Waals surface area contributed by atoms with Crippen LogP contribution in [0.5, 0.6) is 0 Å². The summed E-state index contributed by atoms with van der Waals surface area (Å²) in [5.74, 6) is 1.09. The molecule has 9 aromatic carbocycles. The second-order valence-electron chi connectivity index (χ2n) is 14.6. The molecule has 2 aliphatic rings. The van der Waals surface area contributed by atoms with E-state index in [-0.39, 0.29) is 6.17 Å². The molecule has 0 bridgehead atoms. The number of anilines is 1. The Bertz CT molecular complexity index is 2880. The van der Waals surface area contributed by atoms with E-state index in [1.807, 2.05) is 0 Å². The summed E-state index contributed by atoms with van der Waals surface area (Å²) in [6, 6.07) is 68.7. The Morgan fingerprint density at radius 3 is 1.51 bits per heavy atom. The van der Waals surface area contributed by atoms with Crippen LogP contribution in [0.2, 0.25) is 0 Å². The van der Waals surface area contributed by atoms with Crippen molar-refractivity contribution in [3.8, 4) is 22.3 Å². The van der Waals surface area contributed by atoms with Crippen molar-refractivity contribution in [2.24, 2.45) is 0 Å². The fourth-order valence-corrected chi connectivity index (χ4v) is 8.88. The highest BCUT2D eigenvalue weighted by Gasteiger charge is 2.35. The SMILES string of the molecule is C1=C(c2ccccc2)CNC2=C1NC(c1cc(-c3cc4ccccc4c4ccccc34)cc(-c3cc4ccccc4c4ccccc34)c1)N2c1ccccc1. The first-order chi connectivity index (χ1) is 27.3. The van der Waals surface area contributed by atoms with Crippen LogP contribution in [0.1, 0.15) is 17.3 Å². The molecule has 2 heterocycles. The van der Waals surface area contributed by atoms with Gasteiger partial charge in [0.15, 0.2) is 0 Å². The van der Waals surface area contributed by atoms with E-state index in [0.29, 0.717) is 0 Å². The van der Waals surface area contributed by atoms with Crippen LogP contribution >= 0.6 is 0 Å². The molecular formula is C52H37N3. The van der Waals surface area contributed by atoms with Gasteiger partial charge >= 0.3 is 0 Å². The molecule has 0 aliphatic carbocycles. The second-order valence-corrected chi connectivity index (χ2v) is 14.6. The fraction of sp³-hybridized carbons (Fsp3) is 0.0385. The van der Waals surface area contributed by atoms with Crippen molar-refractivity contribution in [3.63, 3.8) is 0 Å². The van der Waals surface area contributed by atoms with Crippen LogP contribution < -0.4 is 15.5 Å². The number of allylic oxidation sites excluding steroid dienone is 1. The zero-order valence-electron chi connectivity index (χ0n) is 30.2. The van der Waals surface area contributed by atoms with Gasteiger partial charge in [0.25, 0.3) is 0 Å². The lowest BCUT2D eigenvalue weighted by Gasteiger charge is -2.31. The van der Waals surface area contributed by atoms with Crippen LogP contribution in [0.3, 0.4) is 0 Å². The van der Waals surface area contributed by atoms with Crippen molar-refractivity contribution in [1.29, 1.82) is 0 Å². The standard InChI is InChI=1S/C52H37N3/c1-3-15-34(16-4-1)40-32-50-52(53-33-40)55(41-19-5-2-6-20-41)51(54-50)39-28-37(48-30-35-17-7-9-21-42(35)44-23-11-13-25-46(44)48)27-38(29-39)49-31-36-18-8-10-22-43(36)45-24-12-14-26-47(45)49/h1-32,51,53-54H,33H2. The average Bonchev–Trinajstić information content (AvgIpc) is 3.65. The van der Waals surface area contributed by atoms with E-state index in [9.17, 15) is 0 Å². The molecule has 9 aromatic rings. The molecular weight excluding hydrogens is 667 g/mol. The van der Waals surface area contributed by atoms with Crippen LogP contribution in [0.4, 0.5) is 5.69 Å². The molecule has 0 saturated heterocycles. The van der Waals surface area contributed by atoms with Gasteiger partial charge in [-0.2, -0.15) is 0 Å². The number of hydrogen-bond acceptors (Lipinski definition) is 3. The number of fused-ring (bicyclic) bond motifs is 6. The summed E-state index contributed by atoms with van der Waals surface area (Å²) in [6.07, 6.45) is 2.17.